The van der Waals surface area contributed by atoms with Gasteiger partial charge in [0.2, 0.25) is 0 Å². The summed E-state index contributed by atoms with van der Waals surface area (Å²) in [6.45, 7) is 15.3. The van der Waals surface area contributed by atoms with Gasteiger partial charge in [-0.05, 0) is 144 Å². The van der Waals surface area contributed by atoms with E-state index < -0.39 is 0 Å². The van der Waals surface area contributed by atoms with Crippen LogP contribution >= 0.6 is 0 Å². The summed E-state index contributed by atoms with van der Waals surface area (Å²) in [5.41, 5.74) is 5.13. The van der Waals surface area contributed by atoms with Gasteiger partial charge in [-0.2, -0.15) is 0 Å². The molecule has 3 N–H and O–H groups in total. The average Bonchev–Trinajstić information content (AvgIpc) is 1.02. The maximum absolute atomic E-state index is 13.0. The van der Waals surface area contributed by atoms with Gasteiger partial charge in [0.15, 0.2) is 0 Å². The number of nitrogens with one attached hydrogen (secondary N) is 3. The van der Waals surface area contributed by atoms with Crippen molar-refractivity contribution in [3.8, 4) is 17.2 Å². The number of hydrogen-bond acceptors (Lipinski definition) is 12. The summed E-state index contributed by atoms with van der Waals surface area (Å²) in [6.07, 6.45) is 0. The van der Waals surface area contributed by atoms with Gasteiger partial charge in [0.05, 0.1) is 21.3 Å². The number of anilines is 3. The van der Waals surface area contributed by atoms with Gasteiger partial charge in [0, 0.05) is 168 Å². The predicted octanol–water partition coefficient (Wildman–Crippen LogP) is 10.6. The topological polar surface area (TPSA) is 134 Å². The first-order chi connectivity index (χ1) is 43.9. The Morgan fingerprint density at radius 3 is 0.844 bits per heavy atom. The summed E-state index contributed by atoms with van der Waals surface area (Å²) in [7, 11) is 5.08. The second-order valence-electron chi connectivity index (χ2n) is 22.4. The van der Waals surface area contributed by atoms with Crippen LogP contribution in [0.4, 0.5) is 30.2 Å². The molecular weight excluding hydrogens is 1140 g/mol. The predicted molar refractivity (Wildman–Crippen MR) is 354 cm³/mol. The fourth-order valence-corrected chi connectivity index (χ4v) is 11.6. The molecule has 0 aromatic heterocycles. The molecule has 0 aliphatic carbocycles. The Kier molecular flexibility index (Phi) is 22.1. The Balaban J connectivity index is 0.000000148. The van der Waals surface area contributed by atoms with Crippen LogP contribution in [0.15, 0.2) is 182 Å². The Hall–Kier alpha value is -9.36. The molecule has 0 radical (unpaired) electrons. The largest absolute Gasteiger partial charge is 0.497 e. The number of nitrogens with zero attached hydrogens (tertiary/aromatic N) is 6. The van der Waals surface area contributed by atoms with Gasteiger partial charge in [-0.3, -0.25) is 29.1 Å². The molecule has 3 heterocycles. The minimum atomic E-state index is -0.339. The lowest BCUT2D eigenvalue weighted by molar-refractivity contribution is 0.0939. The zero-order valence-corrected chi connectivity index (χ0v) is 51.3. The highest BCUT2D eigenvalue weighted by Gasteiger charge is 2.23. The summed E-state index contributed by atoms with van der Waals surface area (Å²) in [5.74, 6) is 1.08. The van der Waals surface area contributed by atoms with E-state index in [4.69, 9.17) is 14.2 Å². The molecule has 18 heteroatoms. The molecule has 3 aliphatic heterocycles. The van der Waals surface area contributed by atoms with Crippen LogP contribution in [-0.2, 0) is 0 Å². The fourth-order valence-electron chi connectivity index (χ4n) is 11.6. The van der Waals surface area contributed by atoms with E-state index in [1.165, 1.54) is 122 Å². The first-order valence-electron chi connectivity index (χ1n) is 30.7. The van der Waals surface area contributed by atoms with Crippen molar-refractivity contribution in [2.45, 2.75) is 0 Å². The molecule has 0 bridgehead atoms. The minimum absolute atomic E-state index is 0.168. The number of fused-ring (bicyclic) bond motifs is 3. The molecule has 3 aliphatic rings. The van der Waals surface area contributed by atoms with Crippen LogP contribution in [0.3, 0.4) is 0 Å². The van der Waals surface area contributed by atoms with Crippen LogP contribution in [0.5, 0.6) is 17.2 Å². The molecule has 12 rings (SSSR count). The molecule has 3 amide bonds. The second kappa shape index (κ2) is 31.2. The SMILES string of the molecule is COc1ccc2cccc(N3CCN(CCNC(=O)c4ccc(F)cc4)CC3)c2c1.COc1ccc2cccc(N3CCN(CCNC(=O)c4ccc(F)cc4)CC3)c2c1.COc1ccc2cccc(N3CCN(CCNC(=O)c4ccc(F)cc4)CC3)c2c1. The van der Waals surface area contributed by atoms with E-state index in [0.717, 1.165) is 115 Å². The molecule has 0 spiro atoms. The highest BCUT2D eigenvalue weighted by molar-refractivity contribution is 5.98. The van der Waals surface area contributed by atoms with Gasteiger partial charge in [-0.1, -0.05) is 54.6 Å². The third kappa shape index (κ3) is 16.9. The molecular formula is C72H78F3N9O6. The van der Waals surface area contributed by atoms with Crippen molar-refractivity contribution in [3.63, 3.8) is 0 Å². The van der Waals surface area contributed by atoms with Crippen molar-refractivity contribution < 1.29 is 41.8 Å². The van der Waals surface area contributed by atoms with E-state index in [2.05, 4.69) is 136 Å². The molecule has 0 unspecified atom stereocenters. The molecule has 468 valence electrons. The number of piperazine rings is 3. The number of methoxy groups -OCH3 is 3. The van der Waals surface area contributed by atoms with Gasteiger partial charge in [-0.25, -0.2) is 13.2 Å². The average molecular weight is 1220 g/mol. The number of carbonyl (C=O) groups excluding carboxylic acids is 3. The molecule has 9 aromatic rings. The first-order valence-corrected chi connectivity index (χ1v) is 30.7. The summed E-state index contributed by atoms with van der Waals surface area (Å²) >= 11 is 0. The molecule has 9 aromatic carbocycles. The number of carbonyl (C=O) groups is 3. The van der Waals surface area contributed by atoms with Crippen LogP contribution in [0.2, 0.25) is 0 Å². The first kappa shape index (κ1) is 63.7. The summed E-state index contributed by atoms with van der Waals surface area (Å²) in [6, 6.07) is 54.6. The van der Waals surface area contributed by atoms with E-state index >= 15 is 0 Å². The zero-order chi connectivity index (χ0) is 62.8. The van der Waals surface area contributed by atoms with Gasteiger partial charge in [0.25, 0.3) is 17.7 Å². The fraction of sp³-hybridized carbons (Fsp3) is 0.292. The van der Waals surface area contributed by atoms with E-state index in [9.17, 15) is 27.6 Å². The number of amides is 3. The minimum Gasteiger partial charge on any atom is -0.497 e. The Labute approximate surface area is 524 Å². The number of ether oxygens (including phenoxy) is 3. The quantitative estimate of drug-likeness (QED) is 0.0755. The zero-order valence-electron chi connectivity index (χ0n) is 51.3. The summed E-state index contributed by atoms with van der Waals surface area (Å²) in [5, 5.41) is 16.0. The smallest absolute Gasteiger partial charge is 0.251 e. The van der Waals surface area contributed by atoms with E-state index in [-0.39, 0.29) is 35.2 Å². The Morgan fingerprint density at radius 2 is 0.600 bits per heavy atom. The van der Waals surface area contributed by atoms with Crippen molar-refractivity contribution in [1.82, 2.24) is 30.7 Å². The van der Waals surface area contributed by atoms with Crippen LogP contribution in [-0.4, -0.2) is 172 Å². The van der Waals surface area contributed by atoms with Crippen molar-refractivity contribution in [2.24, 2.45) is 0 Å². The molecule has 90 heavy (non-hydrogen) atoms. The van der Waals surface area contributed by atoms with E-state index in [1.54, 1.807) is 21.3 Å². The van der Waals surface area contributed by atoms with Crippen molar-refractivity contribution >= 4 is 67.1 Å². The maximum atomic E-state index is 13.0. The lowest BCUT2D eigenvalue weighted by Gasteiger charge is -2.36. The van der Waals surface area contributed by atoms with Gasteiger partial charge in [0.1, 0.15) is 34.7 Å². The highest BCUT2D eigenvalue weighted by Crippen LogP contribution is 2.34. The van der Waals surface area contributed by atoms with Crippen molar-refractivity contribution in [1.29, 1.82) is 0 Å². The number of benzene rings is 9. The normalized spacial score (nSPS) is 14.7. The Bertz CT molecular complexity index is 3440. The number of halogens is 3. The molecule has 0 saturated carbocycles. The third-order valence-electron chi connectivity index (χ3n) is 16.8. The monoisotopic (exact) mass is 1220 g/mol. The van der Waals surface area contributed by atoms with Gasteiger partial charge >= 0.3 is 0 Å². The molecule has 0 atom stereocenters. The highest BCUT2D eigenvalue weighted by atomic mass is 19.1. The summed E-state index contributed by atoms with van der Waals surface area (Å²) in [4.78, 5) is 50.7. The Morgan fingerprint density at radius 1 is 0.344 bits per heavy atom. The van der Waals surface area contributed by atoms with Gasteiger partial charge < -0.3 is 44.9 Å². The molecule has 15 nitrogen and oxygen atoms in total. The van der Waals surface area contributed by atoms with Crippen molar-refractivity contribution in [2.75, 3.05) is 154 Å². The number of rotatable bonds is 18. The molecule has 3 fully saturated rings. The van der Waals surface area contributed by atoms with E-state index in [1.807, 2.05) is 18.2 Å². The van der Waals surface area contributed by atoms with Gasteiger partial charge in [-0.15, -0.1) is 0 Å². The second-order valence-corrected chi connectivity index (χ2v) is 22.4. The summed E-state index contributed by atoms with van der Waals surface area (Å²) < 4.78 is 55.1. The van der Waals surface area contributed by atoms with Crippen molar-refractivity contribution in [3.05, 3.63) is 216 Å². The van der Waals surface area contributed by atoms with Crippen LogP contribution in [0.25, 0.3) is 32.3 Å². The maximum Gasteiger partial charge on any atom is 0.251 e. The van der Waals surface area contributed by atoms with Crippen LogP contribution in [0.1, 0.15) is 31.1 Å². The van der Waals surface area contributed by atoms with E-state index in [0.29, 0.717) is 36.3 Å². The van der Waals surface area contributed by atoms with Crippen LogP contribution in [0, 0.1) is 17.5 Å². The standard InChI is InChI=1S/3C24H26FN3O2/c3*1-30-21-10-7-18-3-2-4-23(22(18)17-21)28-15-13-27(14-16-28)12-11-26-24(29)19-5-8-20(25)9-6-19/h3*2-10,17H,11-16H2,1H3,(H,26,29). The lowest BCUT2D eigenvalue weighted by atomic mass is 10.1. The van der Waals surface area contributed by atoms with Crippen LogP contribution < -0.4 is 44.9 Å². The number of hydrogen-bond donors (Lipinski definition) is 3. The third-order valence-corrected chi connectivity index (χ3v) is 16.8. The lowest BCUT2D eigenvalue weighted by Crippen LogP contribution is -2.48. The molecule has 3 saturated heterocycles.